The van der Waals surface area contributed by atoms with Gasteiger partial charge in [-0.2, -0.15) is 0 Å². The van der Waals surface area contributed by atoms with E-state index in [1.165, 1.54) is 0 Å². The van der Waals surface area contributed by atoms with Crippen LogP contribution in [0.5, 0.6) is 0 Å². The number of amides is 1. The van der Waals surface area contributed by atoms with Gasteiger partial charge in [-0.05, 0) is 36.8 Å². The highest BCUT2D eigenvalue weighted by atomic mass is 32.2. The van der Waals surface area contributed by atoms with Crippen LogP contribution < -0.4 is 5.32 Å². The van der Waals surface area contributed by atoms with Gasteiger partial charge in [0.25, 0.3) is 5.91 Å². The van der Waals surface area contributed by atoms with Gasteiger partial charge in [0.1, 0.15) is 0 Å². The molecule has 1 aliphatic heterocycles. The van der Waals surface area contributed by atoms with Gasteiger partial charge < -0.3 is 10.1 Å². The van der Waals surface area contributed by atoms with Gasteiger partial charge in [-0.15, -0.1) is 0 Å². The third-order valence-electron chi connectivity index (χ3n) is 4.17. The van der Waals surface area contributed by atoms with Gasteiger partial charge in [0.05, 0.1) is 18.8 Å². The summed E-state index contributed by atoms with van der Waals surface area (Å²) in [5, 5.41) is 3.06. The molecule has 0 aromatic heterocycles. The maximum atomic E-state index is 12.6. The van der Waals surface area contributed by atoms with Gasteiger partial charge >= 0.3 is 0 Å². The maximum absolute atomic E-state index is 12.6. The topological polar surface area (TPSA) is 41.6 Å². The summed E-state index contributed by atoms with van der Waals surface area (Å²) in [6.45, 7) is 7.01. The van der Waals surface area contributed by atoms with Crippen LogP contribution in [0.25, 0.3) is 0 Å². The second kappa shape index (κ2) is 9.04. The zero-order chi connectivity index (χ0) is 17.5. The molecule has 1 fully saturated rings. The lowest BCUT2D eigenvalue weighted by molar-refractivity contribution is 0.0383. The molecule has 1 heterocycles. The second-order valence-electron chi connectivity index (χ2n) is 6.12. The number of morpholine rings is 1. The Bertz CT molecular complexity index is 700. The summed E-state index contributed by atoms with van der Waals surface area (Å²) in [6, 6.07) is 16.1. The average Bonchev–Trinajstić information content (AvgIpc) is 2.63. The monoisotopic (exact) mass is 356 g/mol. The van der Waals surface area contributed by atoms with Crippen LogP contribution >= 0.6 is 11.8 Å². The fourth-order valence-corrected chi connectivity index (χ4v) is 3.83. The molecule has 132 valence electrons. The first-order valence-corrected chi connectivity index (χ1v) is 9.46. The second-order valence-corrected chi connectivity index (χ2v) is 7.24. The molecule has 0 saturated carbocycles. The Morgan fingerprint density at radius 2 is 1.92 bits per heavy atom. The molecule has 1 amide bonds. The molecule has 2 aromatic carbocycles. The molecule has 1 aliphatic rings. The van der Waals surface area contributed by atoms with Crippen LogP contribution in [0.3, 0.4) is 0 Å². The minimum atomic E-state index is -0.00769. The first kappa shape index (κ1) is 18.0. The molecule has 0 bridgehead atoms. The van der Waals surface area contributed by atoms with Crippen molar-refractivity contribution in [3.63, 3.8) is 0 Å². The number of aryl methyl sites for hydroxylation is 1. The van der Waals surface area contributed by atoms with E-state index in [1.54, 1.807) is 11.8 Å². The number of carbonyl (C=O) groups is 1. The van der Waals surface area contributed by atoms with Crippen LogP contribution in [-0.4, -0.2) is 50.2 Å². The Hall–Kier alpha value is -1.82. The number of nitrogens with zero attached hydrogens (tertiary/aromatic N) is 1. The van der Waals surface area contributed by atoms with Crippen LogP contribution in [0, 0.1) is 6.92 Å². The number of benzene rings is 2. The summed E-state index contributed by atoms with van der Waals surface area (Å²) in [5.41, 5.74) is 1.89. The third-order valence-corrected chi connectivity index (χ3v) is 5.24. The lowest BCUT2D eigenvalue weighted by Gasteiger charge is -2.26. The molecule has 3 rings (SSSR count). The van der Waals surface area contributed by atoms with E-state index in [4.69, 9.17) is 4.74 Å². The summed E-state index contributed by atoms with van der Waals surface area (Å²) in [5.74, 6) is -0.00769. The fourth-order valence-electron chi connectivity index (χ4n) is 2.76. The van der Waals surface area contributed by atoms with Gasteiger partial charge in [-0.25, -0.2) is 0 Å². The number of nitrogens with one attached hydrogen (secondary N) is 1. The van der Waals surface area contributed by atoms with E-state index < -0.39 is 0 Å². The smallest absolute Gasteiger partial charge is 0.252 e. The lowest BCUT2D eigenvalue weighted by Crippen LogP contribution is -2.41. The Balaban J connectivity index is 1.63. The van der Waals surface area contributed by atoms with Gasteiger partial charge in [0, 0.05) is 36.0 Å². The van der Waals surface area contributed by atoms with Crippen LogP contribution in [0.1, 0.15) is 15.9 Å². The molecular weight excluding hydrogens is 332 g/mol. The zero-order valence-corrected chi connectivity index (χ0v) is 15.3. The minimum absolute atomic E-state index is 0.00769. The summed E-state index contributed by atoms with van der Waals surface area (Å²) < 4.78 is 5.35. The Kier molecular flexibility index (Phi) is 6.50. The number of hydrogen-bond acceptors (Lipinski definition) is 4. The summed E-state index contributed by atoms with van der Waals surface area (Å²) in [4.78, 5) is 17.1. The Labute approximate surface area is 153 Å². The van der Waals surface area contributed by atoms with Crippen molar-refractivity contribution < 1.29 is 9.53 Å². The van der Waals surface area contributed by atoms with Gasteiger partial charge in [-0.3, -0.25) is 9.69 Å². The van der Waals surface area contributed by atoms with Crippen molar-refractivity contribution >= 4 is 17.7 Å². The van der Waals surface area contributed by atoms with Gasteiger partial charge in [-0.1, -0.05) is 36.0 Å². The molecule has 5 heteroatoms. The van der Waals surface area contributed by atoms with E-state index in [2.05, 4.69) is 35.3 Å². The average molecular weight is 356 g/mol. The zero-order valence-electron chi connectivity index (χ0n) is 14.5. The highest BCUT2D eigenvalue weighted by Gasteiger charge is 2.14. The van der Waals surface area contributed by atoms with E-state index in [9.17, 15) is 4.79 Å². The summed E-state index contributed by atoms with van der Waals surface area (Å²) >= 11 is 1.63. The van der Waals surface area contributed by atoms with Crippen molar-refractivity contribution in [1.82, 2.24) is 10.2 Å². The number of rotatable bonds is 6. The molecule has 25 heavy (non-hydrogen) atoms. The van der Waals surface area contributed by atoms with E-state index in [-0.39, 0.29) is 5.91 Å². The SMILES string of the molecule is Cc1ccc(C(=O)NCCN2CCOCC2)c(Sc2ccccc2)c1. The predicted octanol–water partition coefficient (Wildman–Crippen LogP) is 3.21. The number of ether oxygens (including phenoxy) is 1. The number of carbonyl (C=O) groups excluding carboxylic acids is 1. The van der Waals surface area contributed by atoms with Gasteiger partial charge in [0.15, 0.2) is 0 Å². The van der Waals surface area contributed by atoms with Crippen molar-refractivity contribution in [2.24, 2.45) is 0 Å². The molecule has 1 saturated heterocycles. The lowest BCUT2D eigenvalue weighted by atomic mass is 10.1. The van der Waals surface area contributed by atoms with Crippen LogP contribution in [0.4, 0.5) is 0 Å². The predicted molar refractivity (Wildman–Crippen MR) is 101 cm³/mol. The fraction of sp³-hybridized carbons (Fsp3) is 0.350. The largest absolute Gasteiger partial charge is 0.379 e. The van der Waals surface area contributed by atoms with Crippen molar-refractivity contribution in [3.05, 3.63) is 59.7 Å². The summed E-state index contributed by atoms with van der Waals surface area (Å²) in [7, 11) is 0. The van der Waals surface area contributed by atoms with Crippen molar-refractivity contribution in [1.29, 1.82) is 0 Å². The molecule has 0 atom stereocenters. The minimum Gasteiger partial charge on any atom is -0.379 e. The van der Waals surface area contributed by atoms with Crippen molar-refractivity contribution in [2.75, 3.05) is 39.4 Å². The molecule has 0 aliphatic carbocycles. The summed E-state index contributed by atoms with van der Waals surface area (Å²) in [6.07, 6.45) is 0. The van der Waals surface area contributed by atoms with E-state index in [0.29, 0.717) is 6.54 Å². The normalized spacial score (nSPS) is 15.1. The maximum Gasteiger partial charge on any atom is 0.252 e. The first-order valence-electron chi connectivity index (χ1n) is 8.64. The van der Waals surface area contributed by atoms with Crippen molar-refractivity contribution in [3.8, 4) is 0 Å². The molecule has 0 spiro atoms. The number of hydrogen-bond donors (Lipinski definition) is 1. The Morgan fingerprint density at radius 1 is 1.16 bits per heavy atom. The third kappa shape index (κ3) is 5.33. The molecule has 4 nitrogen and oxygen atoms in total. The van der Waals surface area contributed by atoms with Crippen molar-refractivity contribution in [2.45, 2.75) is 16.7 Å². The molecule has 2 aromatic rings. The van der Waals surface area contributed by atoms with Crippen LogP contribution in [-0.2, 0) is 4.74 Å². The quantitative estimate of drug-likeness (QED) is 0.863. The highest BCUT2D eigenvalue weighted by molar-refractivity contribution is 7.99. The molecule has 1 N–H and O–H groups in total. The first-order chi connectivity index (χ1) is 12.2. The Morgan fingerprint density at radius 3 is 2.68 bits per heavy atom. The van der Waals surface area contributed by atoms with Crippen LogP contribution in [0.2, 0.25) is 0 Å². The standard InChI is InChI=1S/C20H24N2O2S/c1-16-7-8-18(19(15-16)25-17-5-3-2-4-6-17)20(23)21-9-10-22-11-13-24-14-12-22/h2-8,15H,9-14H2,1H3,(H,21,23). The molecule has 0 radical (unpaired) electrons. The molecular formula is C20H24N2O2S. The van der Waals surface area contributed by atoms with Crippen LogP contribution in [0.15, 0.2) is 58.3 Å². The van der Waals surface area contributed by atoms with E-state index >= 15 is 0 Å². The van der Waals surface area contributed by atoms with Gasteiger partial charge in [0.2, 0.25) is 0 Å². The van der Waals surface area contributed by atoms with E-state index in [0.717, 1.165) is 53.8 Å². The van der Waals surface area contributed by atoms with E-state index in [1.807, 2.05) is 30.3 Å². The highest BCUT2D eigenvalue weighted by Crippen LogP contribution is 2.31. The molecule has 0 unspecified atom stereocenters.